The highest BCUT2D eigenvalue weighted by Crippen LogP contribution is 2.36. The molecule has 0 aliphatic carbocycles. The minimum Gasteiger partial charge on any atom is -0.488 e. The van der Waals surface area contributed by atoms with Crippen molar-refractivity contribution in [2.45, 2.75) is 44.9 Å². The monoisotopic (exact) mass is 616 g/mol. The van der Waals surface area contributed by atoms with Crippen molar-refractivity contribution >= 4 is 34.2 Å². The van der Waals surface area contributed by atoms with Gasteiger partial charge in [0.15, 0.2) is 0 Å². The van der Waals surface area contributed by atoms with Crippen LogP contribution in [-0.4, -0.2) is 40.9 Å². The van der Waals surface area contributed by atoms with Gasteiger partial charge in [-0.25, -0.2) is 4.63 Å². The van der Waals surface area contributed by atoms with Gasteiger partial charge in [-0.2, -0.15) is 0 Å². The predicted molar refractivity (Wildman–Crippen MR) is 171 cm³/mol. The molecule has 0 spiro atoms. The van der Waals surface area contributed by atoms with E-state index in [2.05, 4.69) is 15.2 Å². The molecule has 0 saturated carbocycles. The summed E-state index contributed by atoms with van der Waals surface area (Å²) >= 11 is 13.6. The fraction of sp³-hybridized carbons (Fsp3) is 0.294. The summed E-state index contributed by atoms with van der Waals surface area (Å²) in [5, 5.41) is 8.98. The van der Waals surface area contributed by atoms with Gasteiger partial charge in [0.1, 0.15) is 35.7 Å². The molecule has 7 nitrogen and oxygen atoms in total. The Hall–Kier alpha value is -3.62. The van der Waals surface area contributed by atoms with E-state index in [4.69, 9.17) is 43.0 Å². The van der Waals surface area contributed by atoms with Crippen molar-refractivity contribution in [3.05, 3.63) is 106 Å². The number of piperidine rings is 1. The number of nitrogens with two attached hydrogens (primary N) is 1. The first kappa shape index (κ1) is 29.5. The maximum atomic E-state index is 6.82. The quantitative estimate of drug-likeness (QED) is 0.163. The molecule has 1 aliphatic rings. The third-order valence-electron chi connectivity index (χ3n) is 7.80. The Kier molecular flexibility index (Phi) is 9.44. The molecule has 1 unspecified atom stereocenters. The Morgan fingerprint density at radius 3 is 2.42 bits per heavy atom. The van der Waals surface area contributed by atoms with E-state index in [1.165, 1.54) is 19.3 Å². The molecule has 1 aromatic heterocycles. The van der Waals surface area contributed by atoms with Crippen LogP contribution in [0.5, 0.6) is 11.5 Å². The van der Waals surface area contributed by atoms with Crippen molar-refractivity contribution in [1.29, 1.82) is 0 Å². The maximum absolute atomic E-state index is 6.82. The lowest BCUT2D eigenvalue weighted by atomic mass is 10.0. The molecule has 1 saturated heterocycles. The highest BCUT2D eigenvalue weighted by atomic mass is 35.5. The first-order valence-electron chi connectivity index (χ1n) is 14.6. The molecule has 2 heterocycles. The summed E-state index contributed by atoms with van der Waals surface area (Å²) < 4.78 is 17.5. The number of halogens is 2. The average Bonchev–Trinajstić information content (AvgIpc) is 3.50. The Labute approximate surface area is 261 Å². The highest BCUT2D eigenvalue weighted by Gasteiger charge is 2.19. The minimum atomic E-state index is -0.0552. The van der Waals surface area contributed by atoms with Crippen LogP contribution in [0.15, 0.2) is 83.5 Å². The van der Waals surface area contributed by atoms with E-state index in [9.17, 15) is 0 Å². The van der Waals surface area contributed by atoms with E-state index in [1.807, 2.05) is 78.9 Å². The first-order valence-corrected chi connectivity index (χ1v) is 15.4. The minimum absolute atomic E-state index is 0.0552. The second-order valence-corrected chi connectivity index (χ2v) is 11.8. The zero-order valence-corrected chi connectivity index (χ0v) is 25.4. The first-order chi connectivity index (χ1) is 21.0. The van der Waals surface area contributed by atoms with Crippen LogP contribution in [0.25, 0.3) is 22.2 Å². The zero-order valence-electron chi connectivity index (χ0n) is 23.8. The summed E-state index contributed by atoms with van der Waals surface area (Å²) in [6.45, 7) is 3.60. The van der Waals surface area contributed by atoms with Gasteiger partial charge < -0.3 is 20.1 Å². The van der Waals surface area contributed by atoms with E-state index in [1.54, 1.807) is 0 Å². The average molecular weight is 618 g/mol. The fourth-order valence-electron chi connectivity index (χ4n) is 5.57. The number of fused-ring (bicyclic) bond motifs is 1. The number of likely N-dealkylation sites (tertiary alicyclic amines) is 1. The molecule has 1 aliphatic heterocycles. The number of hydrogen-bond donors (Lipinski definition) is 1. The number of ether oxygens (including phenoxy) is 2. The Morgan fingerprint density at radius 2 is 1.58 bits per heavy atom. The summed E-state index contributed by atoms with van der Waals surface area (Å²) in [4.78, 5) is 2.45. The van der Waals surface area contributed by atoms with Crippen LogP contribution >= 0.6 is 23.2 Å². The van der Waals surface area contributed by atoms with Crippen LogP contribution in [0.2, 0.25) is 10.0 Å². The van der Waals surface area contributed by atoms with Gasteiger partial charge in [0.05, 0.1) is 10.0 Å². The molecule has 5 aromatic rings. The Balaban J connectivity index is 1.22. The number of hydrogen-bond acceptors (Lipinski definition) is 7. The van der Waals surface area contributed by atoms with Gasteiger partial charge in [0.2, 0.25) is 0 Å². The third-order valence-corrected chi connectivity index (χ3v) is 8.54. The number of nitrogens with zero attached hydrogens (tertiary/aromatic N) is 3. The highest BCUT2D eigenvalue weighted by molar-refractivity contribution is 6.34. The summed E-state index contributed by atoms with van der Waals surface area (Å²) in [5.41, 5.74) is 12.8. The van der Waals surface area contributed by atoms with Crippen LogP contribution in [0.4, 0.5) is 0 Å². The smallest absolute Gasteiger partial charge is 0.142 e. The fourth-order valence-corrected chi connectivity index (χ4v) is 6.10. The lowest BCUT2D eigenvalue weighted by Gasteiger charge is -2.29. The van der Waals surface area contributed by atoms with E-state index >= 15 is 0 Å². The largest absolute Gasteiger partial charge is 0.488 e. The molecule has 4 aromatic carbocycles. The van der Waals surface area contributed by atoms with Crippen molar-refractivity contribution in [3.8, 4) is 22.6 Å². The molecule has 2 N–H and O–H groups in total. The van der Waals surface area contributed by atoms with Gasteiger partial charge in [-0.1, -0.05) is 84.2 Å². The van der Waals surface area contributed by atoms with E-state index in [0.717, 1.165) is 47.5 Å². The Morgan fingerprint density at radius 1 is 0.791 bits per heavy atom. The van der Waals surface area contributed by atoms with Gasteiger partial charge >= 0.3 is 0 Å². The van der Waals surface area contributed by atoms with Crippen LogP contribution < -0.4 is 15.2 Å². The standard InChI is InChI=1S/C34H34Cl2N4O3/c35-29-18-26(17-27(37)20-40-14-5-2-6-15-40)32(41-21-23-12-13-30-31(16-23)39-43-38-30)19-33(29)42-22-25-10-7-11-28(34(25)36)24-8-3-1-4-9-24/h1,3-4,7-13,16,18-19,27H,2,5-6,14-15,17,20-22,37H2. The second-order valence-electron chi connectivity index (χ2n) is 11.0. The molecular formula is C34H34Cl2N4O3. The van der Waals surface area contributed by atoms with Crippen molar-refractivity contribution < 1.29 is 14.1 Å². The predicted octanol–water partition coefficient (Wildman–Crippen LogP) is 7.71. The topological polar surface area (TPSA) is 86.6 Å². The summed E-state index contributed by atoms with van der Waals surface area (Å²) in [6, 6.07) is 25.4. The molecular weight excluding hydrogens is 583 g/mol. The normalized spacial score (nSPS) is 14.6. The van der Waals surface area contributed by atoms with Crippen LogP contribution in [0.3, 0.4) is 0 Å². The molecule has 1 fully saturated rings. The number of rotatable bonds is 11. The molecule has 0 amide bonds. The molecule has 1 atom stereocenters. The number of benzene rings is 4. The van der Waals surface area contributed by atoms with Crippen molar-refractivity contribution in [2.24, 2.45) is 5.73 Å². The molecule has 9 heteroatoms. The summed E-state index contributed by atoms with van der Waals surface area (Å²) in [7, 11) is 0. The number of aromatic nitrogens is 2. The molecule has 222 valence electrons. The van der Waals surface area contributed by atoms with Gasteiger partial charge in [-0.05, 0) is 77.6 Å². The molecule has 6 rings (SSSR count). The van der Waals surface area contributed by atoms with Crippen LogP contribution in [0.1, 0.15) is 36.0 Å². The SMILES string of the molecule is NC(Cc1cc(Cl)c(OCc2cccc(-c3ccccc3)c2Cl)cc1OCc1ccc2nonc2c1)CN1CCCCC1. The lowest BCUT2D eigenvalue weighted by molar-refractivity contribution is 0.215. The third kappa shape index (κ3) is 7.31. The summed E-state index contributed by atoms with van der Waals surface area (Å²) in [5.74, 6) is 1.19. The van der Waals surface area contributed by atoms with E-state index < -0.39 is 0 Å². The molecule has 43 heavy (non-hydrogen) atoms. The molecule has 0 radical (unpaired) electrons. The lowest BCUT2D eigenvalue weighted by Crippen LogP contribution is -2.41. The zero-order chi connectivity index (χ0) is 29.6. The van der Waals surface area contributed by atoms with Gasteiger partial charge in [-0.3, -0.25) is 0 Å². The van der Waals surface area contributed by atoms with Crippen molar-refractivity contribution in [3.63, 3.8) is 0 Å². The maximum Gasteiger partial charge on any atom is 0.142 e. The Bertz CT molecular complexity index is 1670. The van der Waals surface area contributed by atoms with Crippen molar-refractivity contribution in [1.82, 2.24) is 15.2 Å². The van der Waals surface area contributed by atoms with Crippen LogP contribution in [-0.2, 0) is 19.6 Å². The van der Waals surface area contributed by atoms with Crippen LogP contribution in [0, 0.1) is 0 Å². The van der Waals surface area contributed by atoms with E-state index in [0.29, 0.717) is 45.6 Å². The molecule has 0 bridgehead atoms. The van der Waals surface area contributed by atoms with Crippen molar-refractivity contribution in [2.75, 3.05) is 19.6 Å². The van der Waals surface area contributed by atoms with Gasteiger partial charge in [0, 0.05) is 29.8 Å². The van der Waals surface area contributed by atoms with Gasteiger partial charge in [0.25, 0.3) is 0 Å². The van der Waals surface area contributed by atoms with Gasteiger partial charge in [-0.15, -0.1) is 0 Å². The second kappa shape index (κ2) is 13.8. The van der Waals surface area contributed by atoms with E-state index in [-0.39, 0.29) is 12.6 Å². The summed E-state index contributed by atoms with van der Waals surface area (Å²) in [6.07, 6.45) is 4.37.